The van der Waals surface area contributed by atoms with E-state index in [1.54, 1.807) is 13.8 Å². The summed E-state index contributed by atoms with van der Waals surface area (Å²) in [4.78, 5) is 45.8. The van der Waals surface area contributed by atoms with Crippen molar-refractivity contribution in [2.45, 2.75) is 27.7 Å². The van der Waals surface area contributed by atoms with Gasteiger partial charge in [-0.15, -0.1) is 0 Å². The van der Waals surface area contributed by atoms with Crippen LogP contribution < -0.4 is 15.2 Å². The molecule has 0 aliphatic carbocycles. The van der Waals surface area contributed by atoms with Gasteiger partial charge in [0.2, 0.25) is 5.78 Å². The topological polar surface area (TPSA) is 125 Å². The van der Waals surface area contributed by atoms with E-state index in [0.717, 1.165) is 22.7 Å². The van der Waals surface area contributed by atoms with Gasteiger partial charge in [0, 0.05) is 13.1 Å². The number of amides is 2. The molecule has 0 saturated heterocycles. The molecular weight excluding hydrogens is 380 g/mol. The first-order valence-electron chi connectivity index (χ1n) is 7.70. The summed E-state index contributed by atoms with van der Waals surface area (Å²) in [6, 6.07) is 0. The van der Waals surface area contributed by atoms with Gasteiger partial charge in [-0.3, -0.25) is 4.79 Å². The number of rotatable bonds is 6. The van der Waals surface area contributed by atoms with Crippen molar-refractivity contribution >= 4 is 40.6 Å². The molecule has 11 heteroatoms. The number of carbonyl (C=O) groups excluding carboxylic acids is 3. The van der Waals surface area contributed by atoms with E-state index in [2.05, 4.69) is 9.97 Å². The molecule has 0 aromatic carbocycles. The third-order valence-electron chi connectivity index (χ3n) is 3.35. The summed E-state index contributed by atoms with van der Waals surface area (Å²) in [6.07, 6.45) is -1.52. The number of hydrogen-bond donors (Lipinski definition) is 1. The van der Waals surface area contributed by atoms with E-state index in [0.29, 0.717) is 34.2 Å². The van der Waals surface area contributed by atoms with Crippen molar-refractivity contribution in [2.75, 3.05) is 13.1 Å². The zero-order chi connectivity index (χ0) is 19.4. The van der Waals surface area contributed by atoms with E-state index < -0.39 is 12.2 Å². The molecule has 2 heterocycles. The number of nitrogens with two attached hydrogens (primary N) is 1. The maximum atomic E-state index is 12.8. The Bertz CT molecular complexity index is 841. The minimum absolute atomic E-state index is 0.00583. The van der Waals surface area contributed by atoms with E-state index in [9.17, 15) is 14.4 Å². The Hall–Kier alpha value is -2.53. The number of aromatic nitrogens is 2. The summed E-state index contributed by atoms with van der Waals surface area (Å²) < 4.78 is 9.95. The first-order chi connectivity index (χ1) is 12.3. The second-order valence-corrected chi connectivity index (χ2v) is 7.00. The van der Waals surface area contributed by atoms with Gasteiger partial charge in [-0.1, -0.05) is 22.7 Å². The van der Waals surface area contributed by atoms with Gasteiger partial charge in [0.05, 0.1) is 11.4 Å². The highest BCUT2D eigenvalue weighted by Crippen LogP contribution is 2.32. The minimum atomic E-state index is -1.00. The van der Waals surface area contributed by atoms with Gasteiger partial charge in [0.15, 0.2) is 0 Å². The van der Waals surface area contributed by atoms with Gasteiger partial charge < -0.3 is 20.1 Å². The number of thiazole rings is 2. The Balaban J connectivity index is 2.23. The van der Waals surface area contributed by atoms with Crippen LogP contribution in [0.3, 0.4) is 0 Å². The molecule has 140 valence electrons. The van der Waals surface area contributed by atoms with Gasteiger partial charge in [-0.25, -0.2) is 19.6 Å². The van der Waals surface area contributed by atoms with Gasteiger partial charge in [-0.2, -0.15) is 0 Å². The third kappa shape index (κ3) is 4.35. The van der Waals surface area contributed by atoms with Crippen LogP contribution in [-0.4, -0.2) is 45.9 Å². The lowest BCUT2D eigenvalue weighted by Gasteiger charge is -2.16. The Kier molecular flexibility index (Phi) is 6.27. The lowest BCUT2D eigenvalue weighted by atomic mass is 10.2. The second-order valence-electron chi connectivity index (χ2n) is 5.08. The SMILES string of the molecule is CCN(CC)C(=O)Oc1nc(C)c(C(=O)c2sc(OC(N)=O)nc2C)s1. The summed E-state index contributed by atoms with van der Waals surface area (Å²) in [5.74, 6) is -0.334. The van der Waals surface area contributed by atoms with Gasteiger partial charge >= 0.3 is 12.2 Å². The van der Waals surface area contributed by atoms with Gasteiger partial charge in [0.1, 0.15) is 9.75 Å². The van der Waals surface area contributed by atoms with Crippen molar-refractivity contribution in [2.24, 2.45) is 5.73 Å². The van der Waals surface area contributed by atoms with E-state index in [-0.39, 0.29) is 16.2 Å². The lowest BCUT2D eigenvalue weighted by molar-refractivity contribution is 0.104. The second kappa shape index (κ2) is 8.23. The molecular formula is C15H18N4O5S2. The molecule has 0 aliphatic rings. The molecule has 2 rings (SSSR count). The summed E-state index contributed by atoms with van der Waals surface area (Å²) >= 11 is 1.89. The predicted molar refractivity (Wildman–Crippen MR) is 96.3 cm³/mol. The van der Waals surface area contributed by atoms with E-state index in [1.165, 1.54) is 4.90 Å². The molecule has 9 nitrogen and oxygen atoms in total. The van der Waals surface area contributed by atoms with Crippen LogP contribution in [0.4, 0.5) is 9.59 Å². The van der Waals surface area contributed by atoms with Crippen LogP contribution in [-0.2, 0) is 0 Å². The highest BCUT2D eigenvalue weighted by molar-refractivity contribution is 7.19. The first kappa shape index (κ1) is 19.8. The number of aryl methyl sites for hydroxylation is 2. The predicted octanol–water partition coefficient (Wildman–Crippen LogP) is 2.75. The Labute approximate surface area is 157 Å². The molecule has 2 aromatic rings. The quantitative estimate of drug-likeness (QED) is 0.742. The molecule has 0 saturated carbocycles. The van der Waals surface area contributed by atoms with Crippen molar-refractivity contribution < 1.29 is 23.9 Å². The molecule has 2 N–H and O–H groups in total. The maximum absolute atomic E-state index is 12.8. The number of carbonyl (C=O) groups is 3. The first-order valence-corrected chi connectivity index (χ1v) is 9.33. The average molecular weight is 398 g/mol. The van der Waals surface area contributed by atoms with Crippen molar-refractivity contribution in [1.82, 2.24) is 14.9 Å². The average Bonchev–Trinajstić information content (AvgIpc) is 3.09. The molecule has 0 bridgehead atoms. The third-order valence-corrected chi connectivity index (χ3v) is 5.42. The summed E-state index contributed by atoms with van der Waals surface area (Å²) in [6.45, 7) is 7.96. The van der Waals surface area contributed by atoms with Crippen molar-refractivity contribution in [3.8, 4) is 10.4 Å². The molecule has 0 unspecified atom stereocenters. The highest BCUT2D eigenvalue weighted by atomic mass is 32.1. The standard InChI is InChI=1S/C15H18N4O5S2/c1-5-19(6-2)15(22)24-14-18-8(4)11(26-14)9(20)10-7(3)17-13(25-10)23-12(16)21/h5-6H2,1-4H3,(H2,16,21). The van der Waals surface area contributed by atoms with Crippen LogP contribution in [0.1, 0.15) is 39.8 Å². The molecule has 0 atom stereocenters. The number of hydrogen-bond acceptors (Lipinski definition) is 9. The van der Waals surface area contributed by atoms with Crippen LogP contribution >= 0.6 is 22.7 Å². The number of primary amides is 1. The van der Waals surface area contributed by atoms with Crippen LogP contribution in [0.25, 0.3) is 0 Å². The summed E-state index contributed by atoms with van der Waals surface area (Å²) in [5, 5.41) is 0.0900. The van der Waals surface area contributed by atoms with Crippen molar-refractivity contribution in [3.05, 3.63) is 21.1 Å². The van der Waals surface area contributed by atoms with Gasteiger partial charge in [-0.05, 0) is 27.7 Å². The highest BCUT2D eigenvalue weighted by Gasteiger charge is 2.25. The normalized spacial score (nSPS) is 10.5. The smallest absolute Gasteiger partial charge is 0.381 e. The lowest BCUT2D eigenvalue weighted by Crippen LogP contribution is -2.33. The Morgan fingerprint density at radius 2 is 1.42 bits per heavy atom. The Morgan fingerprint density at radius 3 is 1.85 bits per heavy atom. The van der Waals surface area contributed by atoms with E-state index in [4.69, 9.17) is 15.2 Å². The fourth-order valence-corrected chi connectivity index (χ4v) is 3.85. The monoisotopic (exact) mass is 398 g/mol. The maximum Gasteiger partial charge on any atom is 0.417 e. The number of ether oxygens (including phenoxy) is 2. The molecule has 26 heavy (non-hydrogen) atoms. The van der Waals surface area contributed by atoms with Crippen LogP contribution in [0.5, 0.6) is 10.4 Å². The molecule has 2 aromatic heterocycles. The van der Waals surface area contributed by atoms with E-state index >= 15 is 0 Å². The summed E-state index contributed by atoms with van der Waals surface area (Å²) in [5.41, 5.74) is 5.80. The molecule has 0 radical (unpaired) electrons. The summed E-state index contributed by atoms with van der Waals surface area (Å²) in [7, 11) is 0. The van der Waals surface area contributed by atoms with Gasteiger partial charge in [0.25, 0.3) is 10.4 Å². The fourth-order valence-electron chi connectivity index (χ4n) is 2.06. The zero-order valence-corrected chi connectivity index (χ0v) is 16.3. The van der Waals surface area contributed by atoms with Crippen molar-refractivity contribution in [3.63, 3.8) is 0 Å². The zero-order valence-electron chi connectivity index (χ0n) is 14.7. The van der Waals surface area contributed by atoms with Crippen LogP contribution in [0.2, 0.25) is 0 Å². The molecule has 2 amide bonds. The molecule has 0 aliphatic heterocycles. The largest absolute Gasteiger partial charge is 0.417 e. The van der Waals surface area contributed by atoms with Crippen LogP contribution in [0.15, 0.2) is 0 Å². The van der Waals surface area contributed by atoms with Crippen molar-refractivity contribution in [1.29, 1.82) is 0 Å². The molecule has 0 spiro atoms. The van der Waals surface area contributed by atoms with Crippen LogP contribution in [0, 0.1) is 13.8 Å². The molecule has 0 fully saturated rings. The fraction of sp³-hybridized carbons (Fsp3) is 0.400. The minimum Gasteiger partial charge on any atom is -0.381 e. The van der Waals surface area contributed by atoms with E-state index in [1.807, 2.05) is 13.8 Å². The number of ketones is 1. The Morgan fingerprint density at radius 1 is 0.962 bits per heavy atom. The number of nitrogens with zero attached hydrogens (tertiary/aromatic N) is 3.